The lowest BCUT2D eigenvalue weighted by molar-refractivity contribution is -0.321. The lowest BCUT2D eigenvalue weighted by atomic mass is 9.98. The first kappa shape index (κ1) is 18.3. The molecule has 27 heavy (non-hydrogen) atoms. The van der Waals surface area contributed by atoms with Crippen LogP contribution in [0.5, 0.6) is 0 Å². The lowest BCUT2D eigenvalue weighted by Crippen LogP contribution is -2.61. The summed E-state index contributed by atoms with van der Waals surface area (Å²) in [6.45, 7) is 0.597. The van der Waals surface area contributed by atoms with Crippen molar-refractivity contribution in [3.63, 3.8) is 0 Å². The van der Waals surface area contributed by atoms with Crippen LogP contribution in [0.4, 0.5) is 0 Å². The van der Waals surface area contributed by atoms with E-state index in [0.717, 1.165) is 11.1 Å². The van der Waals surface area contributed by atoms with Crippen molar-refractivity contribution in [2.24, 2.45) is 0 Å². The van der Waals surface area contributed by atoms with E-state index in [2.05, 4.69) is 0 Å². The Bertz CT molecular complexity index is 750. The maximum atomic E-state index is 12.8. The van der Waals surface area contributed by atoms with Gasteiger partial charge in [0.15, 0.2) is 12.4 Å². The summed E-state index contributed by atoms with van der Waals surface area (Å²) in [4.78, 5) is 12.8. The van der Waals surface area contributed by atoms with Gasteiger partial charge in [-0.2, -0.15) is 0 Å². The SMILES string of the molecule is CO[C@@H]1OC2COC(c3ccccc3)O[C@H]2[C@H](OCc2ccccc2)C1=O. The van der Waals surface area contributed by atoms with Gasteiger partial charge in [0, 0.05) is 12.7 Å². The van der Waals surface area contributed by atoms with E-state index in [9.17, 15) is 4.79 Å². The van der Waals surface area contributed by atoms with Crippen LogP contribution in [0.1, 0.15) is 17.4 Å². The summed E-state index contributed by atoms with van der Waals surface area (Å²) in [6, 6.07) is 19.3. The Balaban J connectivity index is 1.52. The van der Waals surface area contributed by atoms with Crippen LogP contribution in [-0.2, 0) is 35.1 Å². The zero-order chi connectivity index (χ0) is 18.6. The van der Waals surface area contributed by atoms with Crippen LogP contribution < -0.4 is 0 Å². The summed E-state index contributed by atoms with van der Waals surface area (Å²) in [5.41, 5.74) is 1.87. The van der Waals surface area contributed by atoms with E-state index in [4.69, 9.17) is 23.7 Å². The second-order valence-electron chi connectivity index (χ2n) is 6.54. The third kappa shape index (κ3) is 3.95. The number of carbonyl (C=O) groups is 1. The van der Waals surface area contributed by atoms with Gasteiger partial charge in [-0.15, -0.1) is 0 Å². The molecule has 0 amide bonds. The monoisotopic (exact) mass is 370 g/mol. The van der Waals surface area contributed by atoms with E-state index in [1.165, 1.54) is 7.11 Å². The Hall–Kier alpha value is -2.09. The number of rotatable bonds is 5. The van der Waals surface area contributed by atoms with Gasteiger partial charge in [-0.3, -0.25) is 4.79 Å². The second kappa shape index (κ2) is 8.29. The molecule has 0 radical (unpaired) electrons. The molecule has 6 heteroatoms. The molecule has 0 spiro atoms. The third-order valence-electron chi connectivity index (χ3n) is 4.73. The first-order chi connectivity index (χ1) is 13.3. The molecule has 142 valence electrons. The van der Waals surface area contributed by atoms with E-state index in [1.807, 2.05) is 60.7 Å². The fourth-order valence-corrected chi connectivity index (χ4v) is 3.35. The largest absolute Gasteiger partial charge is 0.363 e. The molecule has 2 aromatic carbocycles. The molecule has 0 aliphatic carbocycles. The summed E-state index contributed by atoms with van der Waals surface area (Å²) >= 11 is 0. The number of benzene rings is 2. The average Bonchev–Trinajstić information content (AvgIpc) is 2.74. The standard InChI is InChI=1S/C21H22O6/c1-23-21-17(22)19(24-12-14-8-4-2-5-9-14)18-16(26-21)13-25-20(27-18)15-10-6-3-7-11-15/h2-11,16,18-21H,12-13H2,1H3/t16?,18-,19-,20?,21-/m1/s1. The maximum Gasteiger partial charge on any atom is 0.220 e. The van der Waals surface area contributed by atoms with Crippen molar-refractivity contribution < 1.29 is 28.5 Å². The summed E-state index contributed by atoms with van der Waals surface area (Å²) < 4.78 is 28.8. The number of Topliss-reactive ketones (excluding diaryl/α,β-unsaturated/α-hetero) is 1. The molecule has 2 heterocycles. The van der Waals surface area contributed by atoms with Crippen LogP contribution in [0.25, 0.3) is 0 Å². The Morgan fingerprint density at radius 3 is 2.41 bits per heavy atom. The number of hydrogen-bond donors (Lipinski definition) is 0. The highest BCUT2D eigenvalue weighted by Gasteiger charge is 2.50. The Labute approximate surface area is 157 Å². The van der Waals surface area contributed by atoms with Crippen molar-refractivity contribution in [2.75, 3.05) is 13.7 Å². The molecule has 2 unspecified atom stereocenters. The van der Waals surface area contributed by atoms with Gasteiger partial charge in [0.25, 0.3) is 0 Å². The highest BCUT2D eigenvalue weighted by Crippen LogP contribution is 2.34. The van der Waals surface area contributed by atoms with Crippen molar-refractivity contribution in [2.45, 2.75) is 37.5 Å². The predicted molar refractivity (Wildman–Crippen MR) is 95.7 cm³/mol. The van der Waals surface area contributed by atoms with Gasteiger partial charge in [-0.05, 0) is 5.56 Å². The molecule has 0 bridgehead atoms. The molecule has 0 saturated carbocycles. The van der Waals surface area contributed by atoms with Crippen molar-refractivity contribution in [3.05, 3.63) is 71.8 Å². The van der Waals surface area contributed by atoms with Crippen molar-refractivity contribution >= 4 is 5.78 Å². The smallest absolute Gasteiger partial charge is 0.220 e. The van der Waals surface area contributed by atoms with E-state index >= 15 is 0 Å². The van der Waals surface area contributed by atoms with Gasteiger partial charge in [0.05, 0.1) is 13.2 Å². The van der Waals surface area contributed by atoms with Gasteiger partial charge in [-0.25, -0.2) is 0 Å². The summed E-state index contributed by atoms with van der Waals surface area (Å²) in [6.07, 6.45) is -3.33. The van der Waals surface area contributed by atoms with Crippen molar-refractivity contribution in [1.82, 2.24) is 0 Å². The Morgan fingerprint density at radius 2 is 1.70 bits per heavy atom. The molecule has 2 fully saturated rings. The molecular weight excluding hydrogens is 348 g/mol. The molecule has 5 atom stereocenters. The van der Waals surface area contributed by atoms with Crippen LogP contribution in [0.15, 0.2) is 60.7 Å². The van der Waals surface area contributed by atoms with E-state index in [1.54, 1.807) is 0 Å². The van der Waals surface area contributed by atoms with Gasteiger partial charge in [0.2, 0.25) is 12.1 Å². The summed E-state index contributed by atoms with van der Waals surface area (Å²) in [5.74, 6) is -0.275. The minimum Gasteiger partial charge on any atom is -0.363 e. The minimum atomic E-state index is -0.979. The number of carbonyl (C=O) groups excluding carboxylic acids is 1. The molecule has 0 N–H and O–H groups in total. The number of ether oxygens (including phenoxy) is 5. The molecule has 2 aromatic rings. The van der Waals surface area contributed by atoms with E-state index < -0.39 is 30.9 Å². The summed E-state index contributed by atoms with van der Waals surface area (Å²) in [7, 11) is 1.44. The average molecular weight is 370 g/mol. The number of ketones is 1. The Kier molecular flexibility index (Phi) is 5.61. The van der Waals surface area contributed by atoms with Crippen LogP contribution >= 0.6 is 0 Å². The fourth-order valence-electron chi connectivity index (χ4n) is 3.35. The number of hydrogen-bond acceptors (Lipinski definition) is 6. The third-order valence-corrected chi connectivity index (χ3v) is 4.73. The molecule has 6 nitrogen and oxygen atoms in total. The van der Waals surface area contributed by atoms with Crippen LogP contribution in [0.3, 0.4) is 0 Å². The van der Waals surface area contributed by atoms with Gasteiger partial charge >= 0.3 is 0 Å². The van der Waals surface area contributed by atoms with Crippen molar-refractivity contribution in [3.8, 4) is 0 Å². The second-order valence-corrected chi connectivity index (χ2v) is 6.54. The van der Waals surface area contributed by atoms with Crippen LogP contribution in [0, 0.1) is 0 Å². The molecule has 2 aliphatic heterocycles. The van der Waals surface area contributed by atoms with E-state index in [0.29, 0.717) is 13.2 Å². The first-order valence-electron chi connectivity index (χ1n) is 8.96. The molecule has 2 saturated heterocycles. The maximum absolute atomic E-state index is 12.8. The van der Waals surface area contributed by atoms with Crippen molar-refractivity contribution in [1.29, 1.82) is 0 Å². The fraction of sp³-hybridized carbons (Fsp3) is 0.381. The first-order valence-corrected chi connectivity index (χ1v) is 8.96. The number of methoxy groups -OCH3 is 1. The highest BCUT2D eigenvalue weighted by molar-refractivity contribution is 5.87. The van der Waals surface area contributed by atoms with Gasteiger partial charge in [0.1, 0.15) is 12.2 Å². The van der Waals surface area contributed by atoms with E-state index in [-0.39, 0.29) is 5.78 Å². The zero-order valence-corrected chi connectivity index (χ0v) is 15.0. The normalized spacial score (nSPS) is 30.7. The summed E-state index contributed by atoms with van der Waals surface area (Å²) in [5, 5.41) is 0. The lowest BCUT2D eigenvalue weighted by Gasteiger charge is -2.44. The van der Waals surface area contributed by atoms with Gasteiger partial charge in [-0.1, -0.05) is 60.7 Å². The topological polar surface area (TPSA) is 63.2 Å². The van der Waals surface area contributed by atoms with Crippen LogP contribution in [0.2, 0.25) is 0 Å². The quantitative estimate of drug-likeness (QED) is 0.806. The molecule has 4 rings (SSSR count). The molecular formula is C21H22O6. The Morgan fingerprint density at radius 1 is 1.00 bits per heavy atom. The van der Waals surface area contributed by atoms with Crippen LogP contribution in [-0.4, -0.2) is 44.1 Å². The van der Waals surface area contributed by atoms with Gasteiger partial charge < -0.3 is 23.7 Å². The molecule has 2 aliphatic rings. The molecule has 0 aromatic heterocycles. The number of fused-ring (bicyclic) bond motifs is 1. The predicted octanol–water partition coefficient (Wildman–Crippen LogP) is 2.63. The zero-order valence-electron chi connectivity index (χ0n) is 15.0. The highest BCUT2D eigenvalue weighted by atomic mass is 16.7. The minimum absolute atomic E-state index is 0.275.